The highest BCUT2D eigenvalue weighted by Gasteiger charge is 2.31. The van der Waals surface area contributed by atoms with Crippen molar-refractivity contribution in [3.63, 3.8) is 0 Å². The number of rotatable bonds is 3. The number of nitro benzene ring substituents is 1. The molecule has 0 amide bonds. The summed E-state index contributed by atoms with van der Waals surface area (Å²) in [5.41, 5.74) is -0.124. The topological polar surface area (TPSA) is 118 Å². The third kappa shape index (κ3) is 3.13. The van der Waals surface area contributed by atoms with E-state index in [2.05, 4.69) is 0 Å². The lowest BCUT2D eigenvalue weighted by Crippen LogP contribution is -2.47. The van der Waals surface area contributed by atoms with Gasteiger partial charge in [0.2, 0.25) is 0 Å². The summed E-state index contributed by atoms with van der Waals surface area (Å²) < 4.78 is 23.2. The fourth-order valence-electron chi connectivity index (χ4n) is 2.41. The summed E-state index contributed by atoms with van der Waals surface area (Å²) in [6.07, 6.45) is 0. The Kier molecular flexibility index (Phi) is 3.86. The molecule has 1 fully saturated rings. The molecule has 0 spiro atoms. The number of nitro groups is 1. The van der Waals surface area contributed by atoms with Crippen molar-refractivity contribution in [3.8, 4) is 0 Å². The Labute approximate surface area is 121 Å². The Morgan fingerprint density at radius 3 is 2.67 bits per heavy atom. The summed E-state index contributed by atoms with van der Waals surface area (Å²) in [6.45, 7) is 1.77. The van der Waals surface area contributed by atoms with Gasteiger partial charge in [-0.25, -0.2) is 13.2 Å². The number of nitrogens with zero attached hydrogens (tertiary/aromatic N) is 2. The molecule has 1 aliphatic heterocycles. The summed E-state index contributed by atoms with van der Waals surface area (Å²) in [5, 5.41) is 20.0. The van der Waals surface area contributed by atoms with Crippen LogP contribution in [0.4, 0.5) is 11.4 Å². The lowest BCUT2D eigenvalue weighted by molar-refractivity contribution is -0.384. The molecule has 1 unspecified atom stereocenters. The minimum atomic E-state index is -3.16. The number of non-ortho nitro benzene ring substituents is 1. The molecule has 1 aliphatic rings. The van der Waals surface area contributed by atoms with Crippen molar-refractivity contribution in [2.45, 2.75) is 13.0 Å². The first kappa shape index (κ1) is 15.2. The molecule has 0 aliphatic carbocycles. The van der Waals surface area contributed by atoms with Crippen LogP contribution >= 0.6 is 0 Å². The molecule has 1 aromatic carbocycles. The minimum Gasteiger partial charge on any atom is -0.478 e. The Morgan fingerprint density at radius 2 is 2.14 bits per heavy atom. The monoisotopic (exact) mass is 314 g/mol. The smallest absolute Gasteiger partial charge is 0.337 e. The first-order valence-corrected chi connectivity index (χ1v) is 8.02. The molecular formula is C12H14N2O6S. The molecule has 0 bridgehead atoms. The van der Waals surface area contributed by atoms with Gasteiger partial charge in [-0.15, -0.1) is 0 Å². The Bertz CT molecular complexity index is 700. The van der Waals surface area contributed by atoms with Crippen molar-refractivity contribution in [2.75, 3.05) is 23.0 Å². The number of sulfone groups is 1. The standard InChI is InChI=1S/C12H14N2O6S/c1-8-7-21(19,20)5-4-13(8)11-6-9(14(17)18)2-3-10(11)12(15)16/h2-3,6,8H,4-5,7H2,1H3,(H,15,16). The van der Waals surface area contributed by atoms with E-state index in [1.165, 1.54) is 12.1 Å². The normalized spacial score (nSPS) is 21.0. The number of hydrogen-bond donors (Lipinski definition) is 1. The highest BCUT2D eigenvalue weighted by molar-refractivity contribution is 7.91. The van der Waals surface area contributed by atoms with Gasteiger partial charge in [-0.1, -0.05) is 0 Å². The van der Waals surface area contributed by atoms with E-state index in [0.29, 0.717) is 0 Å². The highest BCUT2D eigenvalue weighted by atomic mass is 32.2. The summed E-state index contributed by atoms with van der Waals surface area (Å²) in [7, 11) is -3.16. The van der Waals surface area contributed by atoms with Gasteiger partial charge in [0.1, 0.15) is 0 Å². The molecule has 1 saturated heterocycles. The van der Waals surface area contributed by atoms with E-state index in [9.17, 15) is 28.4 Å². The van der Waals surface area contributed by atoms with Crippen LogP contribution in [-0.2, 0) is 9.84 Å². The Balaban J connectivity index is 2.48. The van der Waals surface area contributed by atoms with Gasteiger partial charge in [0.05, 0.1) is 27.7 Å². The van der Waals surface area contributed by atoms with E-state index >= 15 is 0 Å². The second-order valence-corrected chi connectivity index (χ2v) is 7.15. The quantitative estimate of drug-likeness (QED) is 0.651. The van der Waals surface area contributed by atoms with Gasteiger partial charge >= 0.3 is 5.97 Å². The molecule has 0 radical (unpaired) electrons. The molecule has 8 nitrogen and oxygen atoms in total. The molecule has 1 N–H and O–H groups in total. The summed E-state index contributed by atoms with van der Waals surface area (Å²) in [4.78, 5) is 23.1. The zero-order valence-corrected chi connectivity index (χ0v) is 12.0. The second kappa shape index (κ2) is 5.32. The lowest BCUT2D eigenvalue weighted by atomic mass is 10.1. The van der Waals surface area contributed by atoms with Gasteiger partial charge < -0.3 is 10.0 Å². The van der Waals surface area contributed by atoms with Crippen LogP contribution in [0.1, 0.15) is 17.3 Å². The average Bonchev–Trinajstić information content (AvgIpc) is 2.36. The highest BCUT2D eigenvalue weighted by Crippen LogP contribution is 2.29. The largest absolute Gasteiger partial charge is 0.478 e. The molecule has 114 valence electrons. The zero-order valence-electron chi connectivity index (χ0n) is 11.2. The van der Waals surface area contributed by atoms with Gasteiger partial charge in [0.15, 0.2) is 9.84 Å². The van der Waals surface area contributed by atoms with Gasteiger partial charge in [-0.05, 0) is 13.0 Å². The number of hydrogen-bond acceptors (Lipinski definition) is 6. The van der Waals surface area contributed by atoms with Crippen molar-refractivity contribution in [2.24, 2.45) is 0 Å². The Morgan fingerprint density at radius 1 is 1.48 bits per heavy atom. The summed E-state index contributed by atoms with van der Waals surface area (Å²) in [5.74, 6) is -1.41. The van der Waals surface area contributed by atoms with E-state index < -0.39 is 26.8 Å². The van der Waals surface area contributed by atoms with Gasteiger partial charge in [0.25, 0.3) is 5.69 Å². The molecular weight excluding hydrogens is 300 g/mol. The third-order valence-electron chi connectivity index (χ3n) is 3.40. The molecule has 1 heterocycles. The van der Waals surface area contributed by atoms with Crippen molar-refractivity contribution in [1.82, 2.24) is 0 Å². The van der Waals surface area contributed by atoms with Crippen LogP contribution < -0.4 is 4.90 Å². The van der Waals surface area contributed by atoms with Crippen LogP contribution in [0.15, 0.2) is 18.2 Å². The molecule has 0 saturated carbocycles. The fourth-order valence-corrected chi connectivity index (χ4v) is 3.97. The van der Waals surface area contributed by atoms with E-state index in [-0.39, 0.29) is 35.0 Å². The third-order valence-corrected chi connectivity index (χ3v) is 5.20. The van der Waals surface area contributed by atoms with Crippen LogP contribution in [-0.4, -0.2) is 48.5 Å². The summed E-state index contributed by atoms with van der Waals surface area (Å²) >= 11 is 0. The van der Waals surface area contributed by atoms with Crippen LogP contribution in [0, 0.1) is 10.1 Å². The number of carboxylic acid groups (broad SMARTS) is 1. The van der Waals surface area contributed by atoms with Crippen molar-refractivity contribution in [1.29, 1.82) is 0 Å². The number of carboxylic acids is 1. The van der Waals surface area contributed by atoms with Crippen molar-refractivity contribution < 1.29 is 23.2 Å². The first-order chi connectivity index (χ1) is 9.71. The predicted molar refractivity (Wildman–Crippen MR) is 75.5 cm³/mol. The fraction of sp³-hybridized carbons (Fsp3) is 0.417. The maximum absolute atomic E-state index is 11.6. The van der Waals surface area contributed by atoms with E-state index in [1.807, 2.05) is 0 Å². The van der Waals surface area contributed by atoms with Gasteiger partial charge in [-0.3, -0.25) is 10.1 Å². The van der Waals surface area contributed by atoms with Gasteiger partial charge in [0, 0.05) is 24.7 Å². The average molecular weight is 314 g/mol. The lowest BCUT2D eigenvalue weighted by Gasteiger charge is -2.35. The first-order valence-electron chi connectivity index (χ1n) is 6.20. The van der Waals surface area contributed by atoms with Crippen LogP contribution in [0.3, 0.4) is 0 Å². The second-order valence-electron chi connectivity index (χ2n) is 4.92. The molecule has 2 rings (SSSR count). The van der Waals surface area contributed by atoms with Crippen molar-refractivity contribution >= 4 is 27.2 Å². The van der Waals surface area contributed by atoms with Crippen molar-refractivity contribution in [3.05, 3.63) is 33.9 Å². The van der Waals surface area contributed by atoms with Crippen LogP contribution in [0.2, 0.25) is 0 Å². The maximum Gasteiger partial charge on any atom is 0.337 e. The Hall–Kier alpha value is -2.16. The molecule has 9 heteroatoms. The van der Waals surface area contributed by atoms with Gasteiger partial charge in [-0.2, -0.15) is 0 Å². The molecule has 0 aromatic heterocycles. The van der Waals surface area contributed by atoms with Crippen LogP contribution in [0.25, 0.3) is 0 Å². The number of aromatic carboxylic acids is 1. The number of benzene rings is 1. The number of carbonyl (C=O) groups is 1. The summed E-state index contributed by atoms with van der Waals surface area (Å²) in [6, 6.07) is 3.03. The SMILES string of the molecule is CC1CS(=O)(=O)CCN1c1cc([N+](=O)[O-])ccc1C(=O)O. The maximum atomic E-state index is 11.6. The molecule has 1 atom stereocenters. The van der Waals surface area contributed by atoms with E-state index in [1.54, 1.807) is 11.8 Å². The minimum absolute atomic E-state index is 0.0771. The molecule has 1 aromatic rings. The number of anilines is 1. The predicted octanol–water partition coefficient (Wildman–Crippen LogP) is 0.916. The zero-order chi connectivity index (χ0) is 15.8. The molecule has 21 heavy (non-hydrogen) atoms. The van der Waals surface area contributed by atoms with Crippen LogP contribution in [0.5, 0.6) is 0 Å². The van der Waals surface area contributed by atoms with E-state index in [4.69, 9.17) is 0 Å². The van der Waals surface area contributed by atoms with E-state index in [0.717, 1.165) is 6.07 Å².